The Hall–Kier alpha value is -3.48. The van der Waals surface area contributed by atoms with Crippen LogP contribution in [-0.2, 0) is 14.8 Å². The molecule has 1 amide bonds. The molecule has 1 heterocycles. The molecule has 3 rings (SSSR count). The third kappa shape index (κ3) is 5.78. The first kappa shape index (κ1) is 22.2. The normalized spacial score (nSPS) is 11.7. The molecule has 0 spiro atoms. The maximum atomic E-state index is 12.5. The molecule has 2 aromatic carbocycles. The van der Waals surface area contributed by atoms with Crippen LogP contribution in [0.4, 0.5) is 10.8 Å². The lowest BCUT2D eigenvalue weighted by atomic mass is 10.0. The summed E-state index contributed by atoms with van der Waals surface area (Å²) < 4.78 is 27.1. The monoisotopic (exact) mass is 452 g/mol. The molecule has 0 aliphatic heterocycles. The van der Waals surface area contributed by atoms with E-state index in [1.807, 2.05) is 30.3 Å². The molecule has 1 aromatic heterocycles. The molecule has 0 aliphatic rings. The Morgan fingerprint density at radius 1 is 1.13 bits per heavy atom. The van der Waals surface area contributed by atoms with Crippen LogP contribution in [0.1, 0.15) is 30.9 Å². The number of nitrogens with zero attached hydrogens (tertiary/aromatic N) is 2. The van der Waals surface area contributed by atoms with Gasteiger partial charge in [-0.2, -0.15) is 5.26 Å². The minimum Gasteiger partial charge on any atom is -0.321 e. The largest absolute Gasteiger partial charge is 0.321 e. The van der Waals surface area contributed by atoms with Crippen LogP contribution < -0.4 is 10.0 Å². The van der Waals surface area contributed by atoms with E-state index in [0.29, 0.717) is 11.6 Å². The third-order valence-electron chi connectivity index (χ3n) is 4.36. The highest BCUT2D eigenvalue weighted by molar-refractivity contribution is 7.93. The summed E-state index contributed by atoms with van der Waals surface area (Å²) in [5, 5.41) is 13.9. The third-order valence-corrected chi connectivity index (χ3v) is 6.53. The van der Waals surface area contributed by atoms with Crippen LogP contribution >= 0.6 is 11.3 Å². The second-order valence-corrected chi connectivity index (χ2v) is 9.49. The van der Waals surface area contributed by atoms with E-state index in [4.69, 9.17) is 0 Å². The molecule has 0 fully saturated rings. The van der Waals surface area contributed by atoms with E-state index in [0.717, 1.165) is 5.56 Å². The Kier molecular flexibility index (Phi) is 6.84. The van der Waals surface area contributed by atoms with E-state index in [9.17, 15) is 18.5 Å². The highest BCUT2D eigenvalue weighted by atomic mass is 32.2. The van der Waals surface area contributed by atoms with Gasteiger partial charge in [0.25, 0.3) is 15.9 Å². The van der Waals surface area contributed by atoms with E-state index in [2.05, 4.69) is 28.9 Å². The zero-order chi connectivity index (χ0) is 22.4. The van der Waals surface area contributed by atoms with Crippen molar-refractivity contribution in [3.63, 3.8) is 0 Å². The highest BCUT2D eigenvalue weighted by Crippen LogP contribution is 2.20. The second kappa shape index (κ2) is 9.55. The van der Waals surface area contributed by atoms with Gasteiger partial charge in [-0.15, -0.1) is 11.3 Å². The van der Waals surface area contributed by atoms with E-state index in [1.54, 1.807) is 5.38 Å². The van der Waals surface area contributed by atoms with E-state index < -0.39 is 15.9 Å². The molecular formula is C22H20N4O3S2. The van der Waals surface area contributed by atoms with Gasteiger partial charge in [0.05, 0.1) is 4.90 Å². The van der Waals surface area contributed by atoms with Crippen molar-refractivity contribution in [3.05, 3.63) is 76.8 Å². The maximum absolute atomic E-state index is 12.5. The Morgan fingerprint density at radius 2 is 1.81 bits per heavy atom. The molecule has 0 saturated carbocycles. The number of hydrogen-bond acceptors (Lipinski definition) is 6. The molecule has 0 aliphatic carbocycles. The van der Waals surface area contributed by atoms with Crippen molar-refractivity contribution in [2.24, 2.45) is 0 Å². The molecule has 31 heavy (non-hydrogen) atoms. The molecule has 0 bridgehead atoms. The minimum absolute atomic E-state index is 0.0296. The number of benzene rings is 2. The van der Waals surface area contributed by atoms with Crippen LogP contribution in [0.2, 0.25) is 0 Å². The topological polar surface area (TPSA) is 112 Å². The second-order valence-electron chi connectivity index (χ2n) is 6.91. The predicted octanol–water partition coefficient (Wildman–Crippen LogP) is 4.61. The van der Waals surface area contributed by atoms with Crippen LogP contribution in [-0.4, -0.2) is 19.3 Å². The lowest BCUT2D eigenvalue weighted by Gasteiger charge is -2.08. The van der Waals surface area contributed by atoms with Gasteiger partial charge in [-0.25, -0.2) is 13.4 Å². The first-order valence-electron chi connectivity index (χ1n) is 9.34. The summed E-state index contributed by atoms with van der Waals surface area (Å²) in [6, 6.07) is 15.2. The average molecular weight is 453 g/mol. The fraction of sp³-hybridized carbons (Fsp3) is 0.136. The number of nitrogens with one attached hydrogen (secondary N) is 2. The van der Waals surface area contributed by atoms with Gasteiger partial charge in [-0.1, -0.05) is 38.1 Å². The quantitative estimate of drug-likeness (QED) is 0.401. The van der Waals surface area contributed by atoms with Gasteiger partial charge < -0.3 is 5.32 Å². The molecule has 0 saturated heterocycles. The molecule has 158 valence electrons. The van der Waals surface area contributed by atoms with Gasteiger partial charge >= 0.3 is 0 Å². The number of nitriles is 1. The first-order chi connectivity index (χ1) is 14.8. The van der Waals surface area contributed by atoms with Gasteiger partial charge in [0.1, 0.15) is 11.6 Å². The van der Waals surface area contributed by atoms with Crippen LogP contribution in [0.5, 0.6) is 0 Å². The summed E-state index contributed by atoms with van der Waals surface area (Å²) in [5.74, 6) is -0.188. The van der Waals surface area contributed by atoms with Crippen molar-refractivity contribution in [2.75, 3.05) is 10.0 Å². The minimum atomic E-state index is -3.78. The Labute approximate surface area is 185 Å². The lowest BCUT2D eigenvalue weighted by molar-refractivity contribution is -0.112. The van der Waals surface area contributed by atoms with Crippen molar-refractivity contribution >= 4 is 44.2 Å². The number of aromatic nitrogens is 1. The van der Waals surface area contributed by atoms with Gasteiger partial charge in [0.15, 0.2) is 5.13 Å². The van der Waals surface area contributed by atoms with Gasteiger partial charge in [0, 0.05) is 17.3 Å². The van der Waals surface area contributed by atoms with E-state index in [-0.39, 0.29) is 15.6 Å². The summed E-state index contributed by atoms with van der Waals surface area (Å²) in [5.41, 5.74) is 2.22. The summed E-state index contributed by atoms with van der Waals surface area (Å²) in [7, 11) is -3.78. The lowest BCUT2D eigenvalue weighted by Crippen LogP contribution is -2.15. The first-order valence-corrected chi connectivity index (χ1v) is 11.7. The van der Waals surface area contributed by atoms with Crippen LogP contribution in [0.3, 0.4) is 0 Å². The van der Waals surface area contributed by atoms with Crippen LogP contribution in [0, 0.1) is 11.3 Å². The molecule has 0 atom stereocenters. The number of sulfonamides is 1. The zero-order valence-corrected chi connectivity index (χ0v) is 18.5. The number of rotatable bonds is 7. The van der Waals surface area contributed by atoms with Gasteiger partial charge in [-0.05, 0) is 47.4 Å². The summed E-state index contributed by atoms with van der Waals surface area (Å²) >= 11 is 1.17. The standard InChI is InChI=1S/C22H20N4O3S2/c1-15(2)17-5-3-16(4-6-17)13-18(14-23)21(27)25-19-7-9-20(10-8-19)31(28,29)26-22-24-11-12-30-22/h3-13,15H,1-2H3,(H,24,26)(H,25,27)/b18-13+. The summed E-state index contributed by atoms with van der Waals surface area (Å²) in [6.45, 7) is 4.18. The van der Waals surface area contributed by atoms with Crippen LogP contribution in [0.25, 0.3) is 6.08 Å². The van der Waals surface area contributed by atoms with Gasteiger partial charge in [-0.3, -0.25) is 9.52 Å². The van der Waals surface area contributed by atoms with Crippen molar-refractivity contribution in [3.8, 4) is 6.07 Å². The number of carbonyl (C=O) groups is 1. The van der Waals surface area contributed by atoms with Crippen molar-refractivity contribution < 1.29 is 13.2 Å². The molecular weight excluding hydrogens is 432 g/mol. The Balaban J connectivity index is 1.71. The van der Waals surface area contributed by atoms with Gasteiger partial charge in [0.2, 0.25) is 0 Å². The van der Waals surface area contributed by atoms with E-state index >= 15 is 0 Å². The SMILES string of the molecule is CC(C)c1ccc(/C=C(\C#N)C(=O)Nc2ccc(S(=O)(=O)Nc3nccs3)cc2)cc1. The molecule has 9 heteroatoms. The number of amides is 1. The number of hydrogen-bond donors (Lipinski definition) is 2. The average Bonchev–Trinajstić information content (AvgIpc) is 3.25. The van der Waals surface area contributed by atoms with E-state index in [1.165, 1.54) is 53.4 Å². The smallest absolute Gasteiger partial charge is 0.266 e. The predicted molar refractivity (Wildman–Crippen MR) is 122 cm³/mol. The number of thiazole rings is 1. The molecule has 7 nitrogen and oxygen atoms in total. The fourth-order valence-corrected chi connectivity index (χ4v) is 4.44. The highest BCUT2D eigenvalue weighted by Gasteiger charge is 2.16. The summed E-state index contributed by atoms with van der Waals surface area (Å²) in [4.78, 5) is 16.4. The Bertz CT molecular complexity index is 1220. The molecule has 0 radical (unpaired) electrons. The molecule has 3 aromatic rings. The number of carbonyl (C=O) groups excluding carboxylic acids is 1. The molecule has 0 unspecified atom stereocenters. The van der Waals surface area contributed by atoms with Crippen LogP contribution in [0.15, 0.2) is 70.6 Å². The summed E-state index contributed by atoms with van der Waals surface area (Å²) in [6.07, 6.45) is 3.01. The fourth-order valence-electron chi connectivity index (χ4n) is 2.66. The zero-order valence-electron chi connectivity index (χ0n) is 16.9. The maximum Gasteiger partial charge on any atom is 0.266 e. The molecule has 2 N–H and O–H groups in total. The van der Waals surface area contributed by atoms with Crippen molar-refractivity contribution in [2.45, 2.75) is 24.7 Å². The Morgan fingerprint density at radius 3 is 2.35 bits per heavy atom. The number of anilines is 2. The van der Waals surface area contributed by atoms with Crippen molar-refractivity contribution in [1.82, 2.24) is 4.98 Å². The van der Waals surface area contributed by atoms with Crippen molar-refractivity contribution in [1.29, 1.82) is 5.26 Å².